The molecule has 0 aliphatic carbocycles. The van der Waals surface area contributed by atoms with Crippen molar-refractivity contribution < 1.29 is 62.2 Å². The third-order valence-corrected chi connectivity index (χ3v) is 8.51. The lowest BCUT2D eigenvalue weighted by Gasteiger charge is -2.44. The second-order valence-corrected chi connectivity index (χ2v) is 12.6. The number of methoxy groups -OCH3 is 1. The number of esters is 2. The number of hydrogen-bond acceptors (Lipinski definition) is 13. The maximum Gasteiger partial charge on any atom is 0.412 e. The van der Waals surface area contributed by atoms with Crippen LogP contribution in [0.25, 0.3) is 0 Å². The summed E-state index contributed by atoms with van der Waals surface area (Å²) in [6.07, 6.45) is -2.76. The molecule has 2 heterocycles. The summed E-state index contributed by atoms with van der Waals surface area (Å²) in [5.74, 6) is -3.67. The molecule has 0 unspecified atom stereocenters. The molecular formula is C37H53N3O13. The number of nitrogens with one attached hydrogen (secondary N) is 3. The monoisotopic (exact) mass is 747 g/mol. The van der Waals surface area contributed by atoms with Crippen LogP contribution in [0.15, 0.2) is 43.5 Å². The van der Waals surface area contributed by atoms with E-state index in [0.717, 1.165) is 25.7 Å². The zero-order chi connectivity index (χ0) is 38.8. The molecule has 7 atom stereocenters. The van der Waals surface area contributed by atoms with Crippen molar-refractivity contribution in [3.05, 3.63) is 43.5 Å². The molecule has 16 nitrogen and oxygen atoms in total. The molecule has 0 aromatic heterocycles. The summed E-state index contributed by atoms with van der Waals surface area (Å²) in [5.41, 5.74) is 0.271. The van der Waals surface area contributed by atoms with Crippen LogP contribution in [-0.4, -0.2) is 99.3 Å². The number of hydrogen-bond donors (Lipinski definition) is 4. The van der Waals surface area contributed by atoms with Gasteiger partial charge in [0.15, 0.2) is 36.1 Å². The highest BCUT2D eigenvalue weighted by Gasteiger charge is 2.53. The van der Waals surface area contributed by atoms with Crippen LogP contribution in [0.2, 0.25) is 0 Å². The molecule has 3 amide bonds. The van der Waals surface area contributed by atoms with Crippen molar-refractivity contribution >= 4 is 35.5 Å². The molecule has 3 rings (SSSR count). The molecule has 1 fully saturated rings. The number of aliphatic hydroxyl groups excluding tert-OH is 1. The van der Waals surface area contributed by atoms with Crippen molar-refractivity contribution in [2.75, 3.05) is 38.9 Å². The van der Waals surface area contributed by atoms with Crippen molar-refractivity contribution in [3.8, 4) is 11.5 Å². The van der Waals surface area contributed by atoms with Crippen LogP contribution in [0.1, 0.15) is 65.2 Å². The van der Waals surface area contributed by atoms with Crippen molar-refractivity contribution in [3.63, 3.8) is 0 Å². The first-order valence-electron chi connectivity index (χ1n) is 17.9. The number of benzene rings is 1. The molecule has 294 valence electrons. The van der Waals surface area contributed by atoms with Crippen LogP contribution in [0, 0.1) is 11.8 Å². The summed E-state index contributed by atoms with van der Waals surface area (Å²) in [6.45, 7) is 11.5. The molecule has 2 aliphatic heterocycles. The van der Waals surface area contributed by atoms with Gasteiger partial charge in [-0.15, -0.1) is 13.2 Å². The fraction of sp³-hybridized carbons (Fsp3) is 0.595. The van der Waals surface area contributed by atoms with E-state index in [9.17, 15) is 29.1 Å². The second kappa shape index (κ2) is 22.4. The first-order chi connectivity index (χ1) is 25.6. The van der Waals surface area contributed by atoms with E-state index >= 15 is 0 Å². The Bertz CT molecular complexity index is 1410. The van der Waals surface area contributed by atoms with Gasteiger partial charge >= 0.3 is 18.0 Å². The number of fused-ring (bicyclic) bond motifs is 1. The van der Waals surface area contributed by atoms with E-state index in [-0.39, 0.29) is 50.0 Å². The van der Waals surface area contributed by atoms with Crippen LogP contribution >= 0.6 is 0 Å². The van der Waals surface area contributed by atoms with Crippen LogP contribution < -0.4 is 25.4 Å². The van der Waals surface area contributed by atoms with Gasteiger partial charge < -0.3 is 48.9 Å². The van der Waals surface area contributed by atoms with Gasteiger partial charge in [0.2, 0.25) is 18.6 Å². The zero-order valence-corrected chi connectivity index (χ0v) is 30.7. The van der Waals surface area contributed by atoms with Crippen LogP contribution in [-0.2, 0) is 42.9 Å². The Morgan fingerprint density at radius 3 is 1.94 bits per heavy atom. The van der Waals surface area contributed by atoms with Gasteiger partial charge in [0.25, 0.3) is 0 Å². The maximum absolute atomic E-state index is 13.8. The molecule has 0 saturated carbocycles. The predicted octanol–water partition coefficient (Wildman–Crippen LogP) is 3.52. The minimum absolute atomic E-state index is 0.0130. The summed E-state index contributed by atoms with van der Waals surface area (Å²) in [7, 11) is 1.25. The van der Waals surface area contributed by atoms with Gasteiger partial charge in [-0.2, -0.15) is 0 Å². The number of anilines is 1. The lowest BCUT2D eigenvalue weighted by atomic mass is 9.96. The highest BCUT2D eigenvalue weighted by atomic mass is 16.7. The summed E-state index contributed by atoms with van der Waals surface area (Å²) in [5, 5.41) is 18.5. The lowest BCUT2D eigenvalue weighted by molar-refractivity contribution is -0.300. The molecule has 1 saturated heterocycles. The number of allylic oxidation sites excluding steroid dienone is 2. The summed E-state index contributed by atoms with van der Waals surface area (Å²) >= 11 is 0. The molecule has 0 bridgehead atoms. The quantitative estimate of drug-likeness (QED) is 0.0581. The Labute approximate surface area is 309 Å². The number of rotatable bonds is 22. The summed E-state index contributed by atoms with van der Waals surface area (Å²) in [4.78, 5) is 66.3. The topological polar surface area (TPSA) is 206 Å². The van der Waals surface area contributed by atoms with Crippen molar-refractivity contribution in [2.45, 2.75) is 95.9 Å². The number of carbonyl (C=O) groups is 5. The fourth-order valence-electron chi connectivity index (χ4n) is 5.65. The number of aliphatic hydroxyl groups is 1. The first-order valence-corrected chi connectivity index (χ1v) is 17.9. The maximum atomic E-state index is 13.8. The fourth-order valence-corrected chi connectivity index (χ4v) is 5.65. The smallest absolute Gasteiger partial charge is 0.412 e. The highest BCUT2D eigenvalue weighted by Crippen LogP contribution is 2.35. The molecule has 4 N–H and O–H groups in total. The van der Waals surface area contributed by atoms with Gasteiger partial charge in [-0.05, 0) is 37.8 Å². The minimum atomic E-state index is -1.62. The van der Waals surface area contributed by atoms with Gasteiger partial charge in [-0.1, -0.05) is 38.8 Å². The molecular weight excluding hydrogens is 694 g/mol. The van der Waals surface area contributed by atoms with Gasteiger partial charge in [-0.25, -0.2) is 4.79 Å². The van der Waals surface area contributed by atoms with E-state index < -0.39 is 67.2 Å². The summed E-state index contributed by atoms with van der Waals surface area (Å²) < 4.78 is 39.7. The zero-order valence-electron chi connectivity index (χ0n) is 30.7. The Balaban J connectivity index is 1.94. The molecule has 1 aromatic carbocycles. The lowest BCUT2D eigenvalue weighted by Crippen LogP contribution is -2.63. The average molecular weight is 748 g/mol. The SMILES string of the molecule is C=CC[C@@H](CC(=O)NCCCC)C(=O)O[C@@H]1[C@@H](OC(=O)[C@H](CC=C)CC(=O)NCCCC)[C@@H](OC)O[C@H](CO)[C@H]1OC(=O)Nc1ccc2c(c1)OCO2. The largest absolute Gasteiger partial charge is 0.454 e. The average Bonchev–Trinajstić information content (AvgIpc) is 3.60. The number of unbranched alkanes of at least 4 members (excludes halogenated alkanes) is 2. The van der Waals surface area contributed by atoms with E-state index in [2.05, 4.69) is 29.1 Å². The Hall–Kier alpha value is -4.67. The molecule has 2 aliphatic rings. The molecule has 1 aromatic rings. The van der Waals surface area contributed by atoms with E-state index in [0.29, 0.717) is 24.6 Å². The third-order valence-electron chi connectivity index (χ3n) is 8.51. The van der Waals surface area contributed by atoms with Crippen LogP contribution in [0.3, 0.4) is 0 Å². The third kappa shape index (κ3) is 13.0. The van der Waals surface area contributed by atoms with E-state index in [1.807, 2.05) is 13.8 Å². The van der Waals surface area contributed by atoms with E-state index in [1.54, 1.807) is 12.1 Å². The summed E-state index contributed by atoms with van der Waals surface area (Å²) in [6, 6.07) is 4.64. The molecule has 0 spiro atoms. The Morgan fingerprint density at radius 1 is 0.849 bits per heavy atom. The minimum Gasteiger partial charge on any atom is -0.454 e. The number of ether oxygens (including phenoxy) is 7. The van der Waals surface area contributed by atoms with Crippen molar-refractivity contribution in [1.82, 2.24) is 10.6 Å². The van der Waals surface area contributed by atoms with Gasteiger partial charge in [0.05, 0.1) is 18.4 Å². The Kier molecular flexibility index (Phi) is 18.1. The van der Waals surface area contributed by atoms with Crippen LogP contribution in [0.4, 0.5) is 10.5 Å². The van der Waals surface area contributed by atoms with Crippen LogP contribution in [0.5, 0.6) is 11.5 Å². The van der Waals surface area contributed by atoms with Gasteiger partial charge in [0.1, 0.15) is 6.10 Å². The molecule has 0 radical (unpaired) electrons. The second-order valence-electron chi connectivity index (χ2n) is 12.6. The Morgan fingerprint density at radius 2 is 1.42 bits per heavy atom. The standard InChI is InChI=1S/C37H53N3O13/c1-6-10-16-38-29(42)18-23(12-8-3)34(44)51-32-31(53-37(46)40-25-14-15-26-27(20-25)49-22-48-26)28(21-41)50-36(47-5)33(32)52-35(45)24(13-9-4)19-30(43)39-17-11-7-2/h8-9,14-15,20,23-24,28,31-33,36,41H,3-4,6-7,10-13,16-19,21-22H2,1-2,5H3,(H,38,42)(H,39,43)(H,40,46)/t23-,24+,28+,31+,32-,33+,36-/m0/s1. The van der Waals surface area contributed by atoms with Gasteiger partial charge in [-0.3, -0.25) is 24.5 Å². The van der Waals surface area contributed by atoms with Crippen molar-refractivity contribution in [1.29, 1.82) is 0 Å². The molecule has 53 heavy (non-hydrogen) atoms. The van der Waals surface area contributed by atoms with E-state index in [4.69, 9.17) is 33.2 Å². The van der Waals surface area contributed by atoms with E-state index in [1.165, 1.54) is 25.3 Å². The highest BCUT2D eigenvalue weighted by molar-refractivity contribution is 5.86. The number of amides is 3. The van der Waals surface area contributed by atoms with Crippen molar-refractivity contribution in [2.24, 2.45) is 11.8 Å². The first kappa shape index (κ1) is 42.7. The predicted molar refractivity (Wildman–Crippen MR) is 191 cm³/mol. The molecule has 16 heteroatoms. The number of carbonyl (C=O) groups excluding carboxylic acids is 5. The normalized spacial score (nSPS) is 21.3. The van der Waals surface area contributed by atoms with Gasteiger partial charge in [0, 0.05) is 44.8 Å².